The molecule has 3 aromatic heterocycles. The molecule has 0 aliphatic heterocycles. The molecule has 0 N–H and O–H groups in total. The Labute approximate surface area is 152 Å². The molecule has 126 valence electrons. The van der Waals surface area contributed by atoms with E-state index < -0.39 is 0 Å². The van der Waals surface area contributed by atoms with Crippen LogP contribution in [-0.4, -0.2) is 14.7 Å². The second-order valence-electron chi connectivity index (χ2n) is 5.65. The Kier molecular flexibility index (Phi) is 4.15. The zero-order valence-electron chi connectivity index (χ0n) is 13.4. The fourth-order valence-corrected chi connectivity index (χ4v) is 3.66. The van der Waals surface area contributed by atoms with Crippen molar-refractivity contribution in [3.05, 3.63) is 68.7 Å². The molecule has 0 amide bonds. The van der Waals surface area contributed by atoms with Crippen LogP contribution < -0.4 is 5.56 Å². The van der Waals surface area contributed by atoms with E-state index in [0.717, 1.165) is 21.7 Å². The quantitative estimate of drug-likeness (QED) is 0.534. The van der Waals surface area contributed by atoms with Crippen LogP contribution in [-0.2, 0) is 13.0 Å². The molecule has 0 aliphatic rings. The van der Waals surface area contributed by atoms with Crippen LogP contribution in [0.15, 0.2) is 52.0 Å². The van der Waals surface area contributed by atoms with Gasteiger partial charge in [0, 0.05) is 21.5 Å². The molecule has 0 fully saturated rings. The predicted octanol–water partition coefficient (Wildman–Crippen LogP) is 4.38. The minimum absolute atomic E-state index is 0.0645. The number of benzene rings is 1. The molecular weight excluding hydrogens is 358 g/mol. The summed E-state index contributed by atoms with van der Waals surface area (Å²) >= 11 is 7.46. The zero-order valence-corrected chi connectivity index (χ0v) is 15.0. The summed E-state index contributed by atoms with van der Waals surface area (Å²) in [5, 5.41) is 5.39. The highest BCUT2D eigenvalue weighted by Gasteiger charge is 2.11. The number of hydrogen-bond donors (Lipinski definition) is 0. The van der Waals surface area contributed by atoms with E-state index in [1.807, 2.05) is 24.3 Å². The lowest BCUT2D eigenvalue weighted by molar-refractivity contribution is 0.376. The molecular formula is C18H14ClN3O2S. The van der Waals surface area contributed by atoms with Crippen LogP contribution >= 0.6 is 22.9 Å². The van der Waals surface area contributed by atoms with Crippen LogP contribution in [0.2, 0.25) is 5.02 Å². The fraction of sp³-hybridized carbons (Fsp3) is 0.167. The van der Waals surface area contributed by atoms with Gasteiger partial charge >= 0.3 is 0 Å². The normalized spacial score (nSPS) is 11.3. The minimum atomic E-state index is -0.0645. The highest BCUT2D eigenvalue weighted by atomic mass is 35.5. The Morgan fingerprint density at radius 3 is 2.80 bits per heavy atom. The van der Waals surface area contributed by atoms with Gasteiger partial charge in [0.1, 0.15) is 10.5 Å². The standard InChI is InChI=1S/C18H14ClN3O2S/c1-2-14-8-15-17(25-14)20-10-22(18(15)23)9-13-7-16(21-24-13)11-3-5-12(19)6-4-11/h3-8,10H,2,9H2,1H3. The van der Waals surface area contributed by atoms with Gasteiger partial charge in [-0.25, -0.2) is 4.98 Å². The molecule has 1 aromatic carbocycles. The number of rotatable bonds is 4. The first-order valence-electron chi connectivity index (χ1n) is 7.83. The van der Waals surface area contributed by atoms with Crippen molar-refractivity contribution in [3.63, 3.8) is 0 Å². The summed E-state index contributed by atoms with van der Waals surface area (Å²) in [6.45, 7) is 2.36. The van der Waals surface area contributed by atoms with Crippen LogP contribution in [0.4, 0.5) is 0 Å². The van der Waals surface area contributed by atoms with Gasteiger partial charge in [-0.2, -0.15) is 0 Å². The van der Waals surface area contributed by atoms with Gasteiger partial charge in [0.05, 0.1) is 18.3 Å². The van der Waals surface area contributed by atoms with Gasteiger partial charge in [0.2, 0.25) is 0 Å². The van der Waals surface area contributed by atoms with Gasteiger partial charge < -0.3 is 4.52 Å². The van der Waals surface area contributed by atoms with Crippen LogP contribution in [0.5, 0.6) is 0 Å². The Morgan fingerprint density at radius 2 is 2.04 bits per heavy atom. The van der Waals surface area contributed by atoms with E-state index in [0.29, 0.717) is 28.4 Å². The fourth-order valence-electron chi connectivity index (χ4n) is 2.61. The number of fused-ring (bicyclic) bond motifs is 1. The molecule has 0 saturated heterocycles. The summed E-state index contributed by atoms with van der Waals surface area (Å²) in [5.41, 5.74) is 1.55. The monoisotopic (exact) mass is 371 g/mol. The molecule has 0 spiro atoms. The lowest BCUT2D eigenvalue weighted by atomic mass is 10.1. The first-order chi connectivity index (χ1) is 12.1. The molecule has 0 aliphatic carbocycles. The number of nitrogens with zero attached hydrogens (tertiary/aromatic N) is 3. The van der Waals surface area contributed by atoms with Crippen molar-refractivity contribution >= 4 is 33.2 Å². The van der Waals surface area contributed by atoms with Crippen LogP contribution in [0.25, 0.3) is 21.5 Å². The van der Waals surface area contributed by atoms with Gasteiger partial charge in [-0.15, -0.1) is 11.3 Å². The smallest absolute Gasteiger partial charge is 0.262 e. The molecule has 5 nitrogen and oxygen atoms in total. The predicted molar refractivity (Wildman–Crippen MR) is 99.3 cm³/mol. The summed E-state index contributed by atoms with van der Waals surface area (Å²) in [7, 11) is 0. The largest absolute Gasteiger partial charge is 0.359 e. The summed E-state index contributed by atoms with van der Waals surface area (Å²) in [5.74, 6) is 0.596. The van der Waals surface area contributed by atoms with Crippen LogP contribution in [0.3, 0.4) is 0 Å². The first-order valence-corrected chi connectivity index (χ1v) is 9.03. The van der Waals surface area contributed by atoms with E-state index in [4.69, 9.17) is 16.1 Å². The number of aryl methyl sites for hydroxylation is 1. The Balaban J connectivity index is 1.64. The van der Waals surface area contributed by atoms with Crippen LogP contribution in [0, 0.1) is 0 Å². The molecule has 0 unspecified atom stereocenters. The van der Waals surface area contributed by atoms with Crippen molar-refractivity contribution in [2.75, 3.05) is 0 Å². The van der Waals surface area contributed by atoms with Crippen molar-refractivity contribution in [2.45, 2.75) is 19.9 Å². The van der Waals surface area contributed by atoms with Crippen molar-refractivity contribution in [1.29, 1.82) is 0 Å². The summed E-state index contributed by atoms with van der Waals surface area (Å²) in [6, 6.07) is 11.1. The highest BCUT2D eigenvalue weighted by Crippen LogP contribution is 2.23. The van der Waals surface area contributed by atoms with Crippen molar-refractivity contribution < 1.29 is 4.52 Å². The molecule has 0 saturated carbocycles. The average Bonchev–Trinajstić information content (AvgIpc) is 3.25. The van der Waals surface area contributed by atoms with E-state index in [1.54, 1.807) is 34.4 Å². The maximum Gasteiger partial charge on any atom is 0.262 e. The molecule has 0 atom stereocenters. The number of thiophene rings is 1. The molecule has 25 heavy (non-hydrogen) atoms. The second-order valence-corrected chi connectivity index (χ2v) is 7.20. The van der Waals surface area contributed by atoms with E-state index >= 15 is 0 Å². The van der Waals surface area contributed by atoms with E-state index in [-0.39, 0.29) is 5.56 Å². The van der Waals surface area contributed by atoms with Gasteiger partial charge in [-0.05, 0) is 24.6 Å². The van der Waals surface area contributed by atoms with Gasteiger partial charge in [0.15, 0.2) is 5.76 Å². The van der Waals surface area contributed by atoms with Crippen molar-refractivity contribution in [1.82, 2.24) is 14.7 Å². The Hall–Kier alpha value is -2.44. The third kappa shape index (κ3) is 3.10. The van der Waals surface area contributed by atoms with E-state index in [1.165, 1.54) is 0 Å². The summed E-state index contributed by atoms with van der Waals surface area (Å²) < 4.78 is 6.92. The zero-order chi connectivity index (χ0) is 17.4. The third-order valence-corrected chi connectivity index (χ3v) is 5.38. The molecule has 4 aromatic rings. The first kappa shape index (κ1) is 16.1. The SMILES string of the molecule is CCc1cc2c(=O)n(Cc3cc(-c4ccc(Cl)cc4)no3)cnc2s1. The maximum absolute atomic E-state index is 12.6. The molecule has 7 heteroatoms. The Bertz CT molecular complexity index is 1100. The van der Waals surface area contributed by atoms with E-state index in [9.17, 15) is 4.79 Å². The minimum Gasteiger partial charge on any atom is -0.359 e. The lowest BCUT2D eigenvalue weighted by Gasteiger charge is -2.01. The van der Waals surface area contributed by atoms with Crippen LogP contribution in [0.1, 0.15) is 17.6 Å². The highest BCUT2D eigenvalue weighted by molar-refractivity contribution is 7.18. The molecule has 0 radical (unpaired) electrons. The van der Waals surface area contributed by atoms with Gasteiger partial charge in [-0.1, -0.05) is 35.8 Å². The van der Waals surface area contributed by atoms with Gasteiger partial charge in [0.25, 0.3) is 5.56 Å². The average molecular weight is 372 g/mol. The maximum atomic E-state index is 12.6. The second kappa shape index (κ2) is 6.46. The van der Waals surface area contributed by atoms with Crippen molar-refractivity contribution in [2.24, 2.45) is 0 Å². The number of hydrogen-bond acceptors (Lipinski definition) is 5. The number of aromatic nitrogens is 3. The molecule has 0 bridgehead atoms. The molecule has 4 rings (SSSR count). The topological polar surface area (TPSA) is 60.9 Å². The number of halogens is 1. The summed E-state index contributed by atoms with van der Waals surface area (Å²) in [4.78, 5) is 18.9. The van der Waals surface area contributed by atoms with E-state index in [2.05, 4.69) is 17.1 Å². The molecule has 3 heterocycles. The third-order valence-electron chi connectivity index (χ3n) is 3.94. The Morgan fingerprint density at radius 1 is 1.24 bits per heavy atom. The summed E-state index contributed by atoms with van der Waals surface area (Å²) in [6.07, 6.45) is 2.46. The lowest BCUT2D eigenvalue weighted by Crippen LogP contribution is -2.20. The van der Waals surface area contributed by atoms with Gasteiger partial charge in [-0.3, -0.25) is 9.36 Å². The van der Waals surface area contributed by atoms with Crippen molar-refractivity contribution in [3.8, 4) is 11.3 Å².